The van der Waals surface area contributed by atoms with Gasteiger partial charge in [-0.3, -0.25) is 14.9 Å². The number of halogens is 1. The van der Waals surface area contributed by atoms with Crippen molar-refractivity contribution in [3.05, 3.63) is 63.6 Å². The third-order valence-electron chi connectivity index (χ3n) is 2.73. The lowest BCUT2D eigenvalue weighted by molar-refractivity contribution is -0.384. The summed E-state index contributed by atoms with van der Waals surface area (Å²) in [5.41, 5.74) is 6.07. The van der Waals surface area contributed by atoms with E-state index >= 15 is 0 Å². The van der Waals surface area contributed by atoms with E-state index in [9.17, 15) is 19.3 Å². The van der Waals surface area contributed by atoms with Gasteiger partial charge in [0, 0.05) is 18.7 Å². The standard InChI is InChI=1S/C13H11FN4O3/c14-9-5-11(12(15)16-7-9)13(19)17-6-8-1-3-10(4-2-8)18(20)21/h1-5,7H,6H2,(H2,15,16)(H,17,19). The predicted octanol–water partition coefficient (Wildman–Crippen LogP) is 1.64. The maximum absolute atomic E-state index is 13.0. The Labute approximate surface area is 118 Å². The summed E-state index contributed by atoms with van der Waals surface area (Å²) in [7, 11) is 0. The molecular formula is C13H11FN4O3. The quantitative estimate of drug-likeness (QED) is 0.656. The number of benzene rings is 1. The van der Waals surface area contributed by atoms with Crippen LogP contribution in [-0.4, -0.2) is 15.8 Å². The van der Waals surface area contributed by atoms with E-state index in [0.29, 0.717) is 5.56 Å². The van der Waals surface area contributed by atoms with Gasteiger partial charge < -0.3 is 11.1 Å². The summed E-state index contributed by atoms with van der Waals surface area (Å²) < 4.78 is 13.0. The summed E-state index contributed by atoms with van der Waals surface area (Å²) in [6.07, 6.45) is 0.919. The zero-order chi connectivity index (χ0) is 15.4. The van der Waals surface area contributed by atoms with Crippen molar-refractivity contribution in [2.75, 3.05) is 5.73 Å². The van der Waals surface area contributed by atoms with E-state index in [-0.39, 0.29) is 23.6 Å². The summed E-state index contributed by atoms with van der Waals surface area (Å²) in [4.78, 5) is 25.4. The fourth-order valence-corrected chi connectivity index (χ4v) is 1.64. The number of nitrogens with two attached hydrogens (primary N) is 1. The summed E-state index contributed by atoms with van der Waals surface area (Å²) in [6.45, 7) is 0.132. The highest BCUT2D eigenvalue weighted by Gasteiger charge is 2.12. The average Bonchev–Trinajstić information content (AvgIpc) is 2.47. The van der Waals surface area contributed by atoms with E-state index in [0.717, 1.165) is 12.3 Å². The number of nitro groups is 1. The SMILES string of the molecule is Nc1ncc(F)cc1C(=O)NCc1ccc([N+](=O)[O-])cc1. The minimum Gasteiger partial charge on any atom is -0.383 e. The molecule has 0 unspecified atom stereocenters. The van der Waals surface area contributed by atoms with Crippen LogP contribution in [0.5, 0.6) is 0 Å². The minimum atomic E-state index is -0.662. The van der Waals surface area contributed by atoms with Crippen LogP contribution in [0.25, 0.3) is 0 Å². The molecule has 2 rings (SSSR count). The van der Waals surface area contributed by atoms with Crippen molar-refractivity contribution >= 4 is 17.4 Å². The Morgan fingerprint density at radius 3 is 2.67 bits per heavy atom. The number of anilines is 1. The summed E-state index contributed by atoms with van der Waals surface area (Å²) in [6, 6.07) is 6.70. The number of amides is 1. The Morgan fingerprint density at radius 1 is 1.38 bits per heavy atom. The largest absolute Gasteiger partial charge is 0.383 e. The molecule has 7 nitrogen and oxygen atoms in total. The first kappa shape index (κ1) is 14.4. The Morgan fingerprint density at radius 2 is 2.05 bits per heavy atom. The second kappa shape index (κ2) is 5.95. The fourth-order valence-electron chi connectivity index (χ4n) is 1.64. The molecular weight excluding hydrogens is 279 g/mol. The molecule has 8 heteroatoms. The zero-order valence-corrected chi connectivity index (χ0v) is 10.7. The number of hydrogen-bond acceptors (Lipinski definition) is 5. The van der Waals surface area contributed by atoms with Crippen LogP contribution in [0.1, 0.15) is 15.9 Å². The Balaban J connectivity index is 2.04. The van der Waals surface area contributed by atoms with Gasteiger partial charge in [0.15, 0.2) is 0 Å². The van der Waals surface area contributed by atoms with Gasteiger partial charge in [0.25, 0.3) is 11.6 Å². The molecule has 0 spiro atoms. The van der Waals surface area contributed by atoms with E-state index in [4.69, 9.17) is 5.73 Å². The van der Waals surface area contributed by atoms with E-state index in [1.165, 1.54) is 24.3 Å². The van der Waals surface area contributed by atoms with Gasteiger partial charge in [-0.2, -0.15) is 0 Å². The maximum atomic E-state index is 13.0. The van der Waals surface area contributed by atoms with Gasteiger partial charge in [0.2, 0.25) is 0 Å². The van der Waals surface area contributed by atoms with Gasteiger partial charge in [-0.25, -0.2) is 9.37 Å². The minimum absolute atomic E-state index is 0.0383. The lowest BCUT2D eigenvalue weighted by Crippen LogP contribution is -2.24. The number of carbonyl (C=O) groups is 1. The highest BCUT2D eigenvalue weighted by Crippen LogP contribution is 2.13. The van der Waals surface area contributed by atoms with Crippen LogP contribution >= 0.6 is 0 Å². The first-order chi connectivity index (χ1) is 9.97. The first-order valence-corrected chi connectivity index (χ1v) is 5.90. The molecule has 0 aliphatic carbocycles. The van der Waals surface area contributed by atoms with Crippen molar-refractivity contribution in [2.24, 2.45) is 0 Å². The molecule has 0 saturated heterocycles. The number of nitrogens with zero attached hydrogens (tertiary/aromatic N) is 2. The molecule has 0 radical (unpaired) electrons. The van der Waals surface area contributed by atoms with Crippen molar-refractivity contribution in [1.82, 2.24) is 10.3 Å². The van der Waals surface area contributed by atoms with Crippen molar-refractivity contribution < 1.29 is 14.1 Å². The number of hydrogen-bond donors (Lipinski definition) is 2. The first-order valence-electron chi connectivity index (χ1n) is 5.90. The third kappa shape index (κ3) is 3.50. The molecule has 3 N–H and O–H groups in total. The topological polar surface area (TPSA) is 111 Å². The van der Waals surface area contributed by atoms with Crippen molar-refractivity contribution in [3.8, 4) is 0 Å². The highest BCUT2D eigenvalue weighted by atomic mass is 19.1. The normalized spacial score (nSPS) is 10.1. The fraction of sp³-hybridized carbons (Fsp3) is 0.0769. The van der Waals surface area contributed by atoms with Crippen LogP contribution in [0.15, 0.2) is 36.5 Å². The van der Waals surface area contributed by atoms with Crippen LogP contribution < -0.4 is 11.1 Å². The highest BCUT2D eigenvalue weighted by molar-refractivity contribution is 5.98. The van der Waals surface area contributed by atoms with Gasteiger partial charge in [0.05, 0.1) is 16.7 Å². The Bertz CT molecular complexity index is 688. The van der Waals surface area contributed by atoms with E-state index in [1.54, 1.807) is 0 Å². The van der Waals surface area contributed by atoms with Gasteiger partial charge in [-0.1, -0.05) is 12.1 Å². The van der Waals surface area contributed by atoms with Gasteiger partial charge in [0.1, 0.15) is 11.6 Å². The molecule has 0 bridgehead atoms. The van der Waals surface area contributed by atoms with Gasteiger partial charge >= 0.3 is 0 Å². The number of nitrogen functional groups attached to an aromatic ring is 1. The van der Waals surface area contributed by atoms with E-state index in [1.807, 2.05) is 0 Å². The van der Waals surface area contributed by atoms with Gasteiger partial charge in [-0.15, -0.1) is 0 Å². The average molecular weight is 290 g/mol. The molecule has 1 aromatic heterocycles. The molecule has 0 atom stereocenters. The molecule has 0 aliphatic rings. The number of non-ortho nitro benzene ring substituents is 1. The zero-order valence-electron chi connectivity index (χ0n) is 10.7. The van der Waals surface area contributed by atoms with Crippen molar-refractivity contribution in [2.45, 2.75) is 6.54 Å². The number of pyridine rings is 1. The molecule has 0 fully saturated rings. The van der Waals surface area contributed by atoms with Crippen LogP contribution in [-0.2, 0) is 6.54 Å². The van der Waals surface area contributed by atoms with Crippen LogP contribution in [0.2, 0.25) is 0 Å². The number of nitrogens with one attached hydrogen (secondary N) is 1. The predicted molar refractivity (Wildman–Crippen MR) is 72.9 cm³/mol. The number of rotatable bonds is 4. The Hall–Kier alpha value is -3.03. The van der Waals surface area contributed by atoms with E-state index < -0.39 is 16.6 Å². The number of nitro benzene ring substituents is 1. The molecule has 1 heterocycles. The summed E-state index contributed by atoms with van der Waals surface area (Å²) in [5.74, 6) is -1.31. The molecule has 0 aliphatic heterocycles. The number of aromatic nitrogens is 1. The van der Waals surface area contributed by atoms with Crippen LogP contribution in [0, 0.1) is 15.9 Å². The van der Waals surface area contributed by atoms with Crippen molar-refractivity contribution in [1.29, 1.82) is 0 Å². The van der Waals surface area contributed by atoms with Crippen LogP contribution in [0.4, 0.5) is 15.9 Å². The van der Waals surface area contributed by atoms with Crippen LogP contribution in [0.3, 0.4) is 0 Å². The second-order valence-corrected chi connectivity index (χ2v) is 4.19. The summed E-state index contributed by atoms with van der Waals surface area (Å²) >= 11 is 0. The molecule has 0 saturated carbocycles. The molecule has 108 valence electrons. The monoisotopic (exact) mass is 290 g/mol. The molecule has 1 aromatic carbocycles. The van der Waals surface area contributed by atoms with Gasteiger partial charge in [-0.05, 0) is 11.6 Å². The lowest BCUT2D eigenvalue weighted by Gasteiger charge is -2.07. The van der Waals surface area contributed by atoms with Crippen molar-refractivity contribution in [3.63, 3.8) is 0 Å². The Kier molecular flexibility index (Phi) is 4.07. The smallest absolute Gasteiger partial charge is 0.269 e. The molecule has 2 aromatic rings. The molecule has 21 heavy (non-hydrogen) atoms. The third-order valence-corrected chi connectivity index (χ3v) is 2.73. The maximum Gasteiger partial charge on any atom is 0.269 e. The molecule has 1 amide bonds. The lowest BCUT2D eigenvalue weighted by atomic mass is 10.2. The van der Waals surface area contributed by atoms with E-state index in [2.05, 4.69) is 10.3 Å². The second-order valence-electron chi connectivity index (χ2n) is 4.19. The number of carbonyl (C=O) groups excluding carboxylic acids is 1. The summed E-state index contributed by atoms with van der Waals surface area (Å²) in [5, 5.41) is 13.0.